The predicted molar refractivity (Wildman–Crippen MR) is 122 cm³/mol. The number of benzene rings is 1. The third kappa shape index (κ3) is 5.06. The van der Waals surface area contributed by atoms with Gasteiger partial charge in [0.05, 0.1) is 5.56 Å². The number of anilines is 1. The largest absolute Gasteiger partial charge is 0.484 e. The van der Waals surface area contributed by atoms with Gasteiger partial charge in [0.25, 0.3) is 11.8 Å². The van der Waals surface area contributed by atoms with E-state index in [2.05, 4.69) is 15.6 Å². The van der Waals surface area contributed by atoms with E-state index >= 15 is 0 Å². The maximum atomic E-state index is 13.0. The minimum atomic E-state index is -0.311. The molecule has 2 amide bonds. The van der Waals surface area contributed by atoms with Gasteiger partial charge in [-0.25, -0.2) is 0 Å². The molecule has 4 rings (SSSR count). The number of carbonyl (C=O) groups excluding carboxylic acids is 2. The molecule has 6 nitrogen and oxygen atoms in total. The Labute approximate surface area is 189 Å². The highest BCUT2D eigenvalue weighted by molar-refractivity contribution is 7.17. The topological polar surface area (TPSA) is 80.3 Å². The zero-order valence-corrected chi connectivity index (χ0v) is 18.6. The van der Waals surface area contributed by atoms with Crippen LogP contribution in [0.1, 0.15) is 38.3 Å². The SMILES string of the molecule is Cc1cc(OCC(=O)Nc2sc3c(c2C(=O)NCc2cccnc2)CCC3)ccc1Cl. The molecule has 0 aliphatic heterocycles. The van der Waals surface area contributed by atoms with Gasteiger partial charge in [0, 0.05) is 28.8 Å². The molecule has 1 aliphatic carbocycles. The van der Waals surface area contributed by atoms with Crippen LogP contribution >= 0.6 is 22.9 Å². The molecule has 0 fully saturated rings. The van der Waals surface area contributed by atoms with Crippen LogP contribution in [0.15, 0.2) is 42.7 Å². The molecule has 0 saturated carbocycles. The molecule has 0 bridgehead atoms. The Morgan fingerprint density at radius 3 is 2.90 bits per heavy atom. The molecular weight excluding hydrogens is 434 g/mol. The lowest BCUT2D eigenvalue weighted by Gasteiger charge is -2.11. The van der Waals surface area contributed by atoms with Gasteiger partial charge in [-0.05, 0) is 67.1 Å². The van der Waals surface area contributed by atoms with Crippen molar-refractivity contribution in [3.8, 4) is 5.75 Å². The number of fused-ring (bicyclic) bond motifs is 1. The number of pyridine rings is 1. The number of carbonyl (C=O) groups is 2. The van der Waals surface area contributed by atoms with Gasteiger partial charge in [0.1, 0.15) is 10.8 Å². The second-order valence-corrected chi connectivity index (χ2v) is 8.87. The van der Waals surface area contributed by atoms with Crippen molar-refractivity contribution in [1.82, 2.24) is 10.3 Å². The normalized spacial score (nSPS) is 12.3. The molecule has 1 aromatic carbocycles. The fourth-order valence-corrected chi connectivity index (χ4v) is 4.95. The lowest BCUT2D eigenvalue weighted by Crippen LogP contribution is -2.26. The molecule has 3 aromatic rings. The Kier molecular flexibility index (Phi) is 6.53. The Balaban J connectivity index is 1.43. The van der Waals surface area contributed by atoms with E-state index in [4.69, 9.17) is 16.3 Å². The van der Waals surface area contributed by atoms with E-state index in [-0.39, 0.29) is 18.4 Å². The highest BCUT2D eigenvalue weighted by atomic mass is 35.5. The molecule has 8 heteroatoms. The van der Waals surface area contributed by atoms with Gasteiger partial charge in [-0.15, -0.1) is 11.3 Å². The summed E-state index contributed by atoms with van der Waals surface area (Å²) in [7, 11) is 0. The zero-order valence-electron chi connectivity index (χ0n) is 17.0. The van der Waals surface area contributed by atoms with Gasteiger partial charge in [0.2, 0.25) is 0 Å². The van der Waals surface area contributed by atoms with Crippen molar-refractivity contribution in [3.63, 3.8) is 0 Å². The van der Waals surface area contributed by atoms with Crippen LogP contribution in [0.2, 0.25) is 5.02 Å². The highest BCUT2D eigenvalue weighted by Crippen LogP contribution is 2.39. The van der Waals surface area contributed by atoms with Crippen molar-refractivity contribution in [2.24, 2.45) is 0 Å². The standard InChI is InChI=1S/C23H22ClN3O3S/c1-14-10-16(7-8-18(14)24)30-13-20(28)27-23-21(17-5-2-6-19(17)31-23)22(29)26-12-15-4-3-9-25-11-15/h3-4,7-11H,2,5-6,12-13H2,1H3,(H,26,29)(H,27,28). The van der Waals surface area contributed by atoms with Crippen LogP contribution in [0.4, 0.5) is 5.00 Å². The van der Waals surface area contributed by atoms with Crippen LogP contribution in [0, 0.1) is 6.92 Å². The Morgan fingerprint density at radius 2 is 2.13 bits per heavy atom. The first kappa shape index (κ1) is 21.3. The maximum Gasteiger partial charge on any atom is 0.262 e. The number of nitrogens with one attached hydrogen (secondary N) is 2. The van der Waals surface area contributed by atoms with Crippen molar-refractivity contribution >= 4 is 39.8 Å². The third-order valence-electron chi connectivity index (χ3n) is 5.08. The second kappa shape index (κ2) is 9.49. The molecule has 0 spiro atoms. The van der Waals surface area contributed by atoms with Crippen molar-refractivity contribution in [2.75, 3.05) is 11.9 Å². The first-order chi connectivity index (χ1) is 15.0. The smallest absolute Gasteiger partial charge is 0.262 e. The Morgan fingerprint density at radius 1 is 1.26 bits per heavy atom. The van der Waals surface area contributed by atoms with E-state index in [1.807, 2.05) is 19.1 Å². The Bertz CT molecular complexity index is 1110. The number of hydrogen-bond donors (Lipinski definition) is 2. The van der Waals surface area contributed by atoms with Gasteiger partial charge in [-0.3, -0.25) is 14.6 Å². The van der Waals surface area contributed by atoms with Crippen molar-refractivity contribution in [3.05, 3.63) is 74.9 Å². The van der Waals surface area contributed by atoms with E-state index in [0.29, 0.717) is 27.9 Å². The molecule has 1 aliphatic rings. The van der Waals surface area contributed by atoms with E-state index in [0.717, 1.165) is 40.8 Å². The fraction of sp³-hybridized carbons (Fsp3) is 0.261. The lowest BCUT2D eigenvalue weighted by molar-refractivity contribution is -0.118. The summed E-state index contributed by atoms with van der Waals surface area (Å²) >= 11 is 7.50. The van der Waals surface area contributed by atoms with Crippen LogP contribution in [0.3, 0.4) is 0 Å². The summed E-state index contributed by atoms with van der Waals surface area (Å²) in [6, 6.07) is 8.98. The summed E-state index contributed by atoms with van der Waals surface area (Å²) in [6.45, 7) is 2.10. The molecule has 2 N–H and O–H groups in total. The van der Waals surface area contributed by atoms with Crippen LogP contribution in [0.5, 0.6) is 5.75 Å². The summed E-state index contributed by atoms with van der Waals surface area (Å²) < 4.78 is 5.59. The average molecular weight is 456 g/mol. The second-order valence-electron chi connectivity index (χ2n) is 7.35. The number of halogens is 1. The van der Waals surface area contributed by atoms with Crippen LogP contribution in [0.25, 0.3) is 0 Å². The van der Waals surface area contributed by atoms with E-state index < -0.39 is 0 Å². The molecule has 160 valence electrons. The summed E-state index contributed by atoms with van der Waals surface area (Å²) in [5.74, 6) is 0.0711. The number of aryl methyl sites for hydroxylation is 2. The molecule has 0 saturated heterocycles. The fourth-order valence-electron chi connectivity index (χ4n) is 3.52. The number of rotatable bonds is 7. The monoisotopic (exact) mass is 455 g/mol. The van der Waals surface area contributed by atoms with Crippen LogP contribution in [-0.4, -0.2) is 23.4 Å². The van der Waals surface area contributed by atoms with Crippen molar-refractivity contribution < 1.29 is 14.3 Å². The predicted octanol–water partition coefficient (Wildman–Crippen LogP) is 4.54. The first-order valence-corrected chi connectivity index (χ1v) is 11.2. The number of ether oxygens (including phenoxy) is 1. The number of aromatic nitrogens is 1. The highest BCUT2D eigenvalue weighted by Gasteiger charge is 2.27. The first-order valence-electron chi connectivity index (χ1n) is 10.0. The van der Waals surface area contributed by atoms with Crippen molar-refractivity contribution in [2.45, 2.75) is 32.7 Å². The van der Waals surface area contributed by atoms with Crippen LogP contribution < -0.4 is 15.4 Å². The van der Waals surface area contributed by atoms with E-state index in [1.165, 1.54) is 11.3 Å². The van der Waals surface area contributed by atoms with Crippen molar-refractivity contribution in [1.29, 1.82) is 0 Å². The summed E-state index contributed by atoms with van der Waals surface area (Å²) in [5.41, 5.74) is 3.40. The molecular formula is C23H22ClN3O3S. The quantitative estimate of drug-likeness (QED) is 0.548. The maximum absolute atomic E-state index is 13.0. The summed E-state index contributed by atoms with van der Waals surface area (Å²) in [4.78, 5) is 30.7. The van der Waals surface area contributed by atoms with Crippen LogP contribution in [-0.2, 0) is 24.2 Å². The Hall–Kier alpha value is -2.90. The third-order valence-corrected chi connectivity index (χ3v) is 6.71. The molecule has 0 radical (unpaired) electrons. The molecule has 0 unspecified atom stereocenters. The molecule has 0 atom stereocenters. The molecule has 2 aromatic heterocycles. The molecule has 31 heavy (non-hydrogen) atoms. The number of amides is 2. The molecule has 2 heterocycles. The van der Waals surface area contributed by atoms with E-state index in [9.17, 15) is 9.59 Å². The van der Waals surface area contributed by atoms with Gasteiger partial charge in [-0.2, -0.15) is 0 Å². The minimum Gasteiger partial charge on any atom is -0.484 e. The lowest BCUT2D eigenvalue weighted by atomic mass is 10.1. The summed E-state index contributed by atoms with van der Waals surface area (Å²) in [5, 5.41) is 7.04. The number of hydrogen-bond acceptors (Lipinski definition) is 5. The van der Waals surface area contributed by atoms with E-state index in [1.54, 1.807) is 30.6 Å². The average Bonchev–Trinajstić information content (AvgIpc) is 3.34. The van der Waals surface area contributed by atoms with Gasteiger partial charge in [0.15, 0.2) is 6.61 Å². The zero-order chi connectivity index (χ0) is 21.8. The van der Waals surface area contributed by atoms with Gasteiger partial charge < -0.3 is 15.4 Å². The number of nitrogens with zero attached hydrogens (tertiary/aromatic N) is 1. The minimum absolute atomic E-state index is 0.152. The summed E-state index contributed by atoms with van der Waals surface area (Å²) in [6.07, 6.45) is 6.21. The number of thiophene rings is 1. The van der Waals surface area contributed by atoms with Gasteiger partial charge in [-0.1, -0.05) is 17.7 Å². The van der Waals surface area contributed by atoms with Gasteiger partial charge >= 0.3 is 0 Å².